The Hall–Kier alpha value is -1.34. The maximum absolute atomic E-state index is 6.05. The summed E-state index contributed by atoms with van der Waals surface area (Å²) >= 11 is 1.59. The van der Waals surface area contributed by atoms with Crippen molar-refractivity contribution in [2.24, 2.45) is 0 Å². The largest absolute Gasteiger partial charge is 0.355 e. The summed E-state index contributed by atoms with van der Waals surface area (Å²) in [6.45, 7) is 2.13. The molecule has 0 radical (unpaired) electrons. The van der Waals surface area contributed by atoms with E-state index in [2.05, 4.69) is 28.4 Å². The van der Waals surface area contributed by atoms with E-state index < -0.39 is 0 Å². The van der Waals surface area contributed by atoms with Crippen molar-refractivity contribution in [3.63, 3.8) is 0 Å². The molecule has 3 heterocycles. The molecule has 7 heteroatoms. The van der Waals surface area contributed by atoms with Gasteiger partial charge in [-0.25, -0.2) is 15.0 Å². The first kappa shape index (κ1) is 17.1. The monoisotopic (exact) mass is 361 g/mol. The number of fused-ring (bicyclic) bond motifs is 1. The Morgan fingerprint density at radius 2 is 1.96 bits per heavy atom. The molecule has 25 heavy (non-hydrogen) atoms. The van der Waals surface area contributed by atoms with E-state index in [1.165, 1.54) is 32.1 Å². The minimum Gasteiger partial charge on any atom is -0.355 e. The third kappa shape index (κ3) is 3.24. The summed E-state index contributed by atoms with van der Waals surface area (Å²) in [6.07, 6.45) is 12.8. The number of imidazole rings is 1. The Morgan fingerprint density at radius 3 is 2.64 bits per heavy atom. The van der Waals surface area contributed by atoms with Crippen molar-refractivity contribution in [1.82, 2.24) is 19.5 Å². The Kier molecular flexibility index (Phi) is 4.86. The predicted molar refractivity (Wildman–Crippen MR) is 101 cm³/mol. The highest BCUT2D eigenvalue weighted by atomic mass is 32.2. The van der Waals surface area contributed by atoms with E-state index >= 15 is 0 Å². The third-order valence-corrected chi connectivity index (χ3v) is 6.09. The molecule has 0 N–H and O–H groups in total. The lowest BCUT2D eigenvalue weighted by atomic mass is 9.94. The first-order valence-electron chi connectivity index (χ1n) is 9.34. The van der Waals surface area contributed by atoms with E-state index in [1.807, 2.05) is 12.6 Å². The van der Waals surface area contributed by atoms with Gasteiger partial charge in [-0.2, -0.15) is 0 Å². The van der Waals surface area contributed by atoms with Gasteiger partial charge in [-0.3, -0.25) is 4.57 Å². The van der Waals surface area contributed by atoms with Crippen LogP contribution in [0.4, 0.5) is 5.82 Å². The van der Waals surface area contributed by atoms with Crippen molar-refractivity contribution in [1.29, 1.82) is 0 Å². The van der Waals surface area contributed by atoms with Gasteiger partial charge in [0.15, 0.2) is 22.1 Å². The van der Waals surface area contributed by atoms with Crippen molar-refractivity contribution in [2.75, 3.05) is 18.2 Å². The average Bonchev–Trinajstić information content (AvgIpc) is 3.26. The normalized spacial score (nSPS) is 24.9. The number of hydrogen-bond acceptors (Lipinski definition) is 6. The second-order valence-corrected chi connectivity index (χ2v) is 8.01. The van der Waals surface area contributed by atoms with Crippen LogP contribution in [-0.2, 0) is 4.74 Å². The van der Waals surface area contributed by atoms with Crippen molar-refractivity contribution >= 4 is 28.7 Å². The van der Waals surface area contributed by atoms with Crippen molar-refractivity contribution in [2.45, 2.75) is 75.4 Å². The molecule has 2 fully saturated rings. The number of anilines is 1. The van der Waals surface area contributed by atoms with Crippen LogP contribution >= 0.6 is 11.8 Å². The molecule has 2 aromatic heterocycles. The van der Waals surface area contributed by atoms with Gasteiger partial charge in [0.25, 0.3) is 0 Å². The summed E-state index contributed by atoms with van der Waals surface area (Å²) in [5.74, 6) is 0.964. The highest BCUT2D eigenvalue weighted by molar-refractivity contribution is 7.98. The van der Waals surface area contributed by atoms with E-state index in [0.717, 1.165) is 35.0 Å². The summed E-state index contributed by atoms with van der Waals surface area (Å²) in [6, 6.07) is 0.550. The molecule has 2 aliphatic rings. The number of thioether (sulfide) groups is 1. The molecule has 0 amide bonds. The second-order valence-electron chi connectivity index (χ2n) is 7.24. The highest BCUT2D eigenvalue weighted by Gasteiger charge is 2.28. The number of ether oxygens (including phenoxy) is 1. The number of nitrogens with zero attached hydrogens (tertiary/aromatic N) is 5. The Labute approximate surface area is 153 Å². The lowest BCUT2D eigenvalue weighted by molar-refractivity contribution is 0.0131. The first-order chi connectivity index (χ1) is 12.2. The fourth-order valence-electron chi connectivity index (χ4n) is 4.06. The molecule has 1 aliphatic heterocycles. The molecule has 4 rings (SSSR count). The average molecular weight is 362 g/mol. The van der Waals surface area contributed by atoms with Crippen LogP contribution in [0.3, 0.4) is 0 Å². The third-order valence-electron chi connectivity index (χ3n) is 5.54. The van der Waals surface area contributed by atoms with Crippen LogP contribution in [0.15, 0.2) is 11.5 Å². The Morgan fingerprint density at radius 1 is 1.16 bits per heavy atom. The van der Waals surface area contributed by atoms with Crippen molar-refractivity contribution in [3.05, 3.63) is 6.33 Å². The van der Waals surface area contributed by atoms with E-state index in [4.69, 9.17) is 14.7 Å². The summed E-state index contributed by atoms with van der Waals surface area (Å²) < 4.78 is 8.14. The van der Waals surface area contributed by atoms with Gasteiger partial charge in [0.05, 0.1) is 12.4 Å². The topological polar surface area (TPSA) is 56.1 Å². The zero-order chi connectivity index (χ0) is 17.4. The lowest BCUT2D eigenvalue weighted by Gasteiger charge is -2.32. The lowest BCUT2D eigenvalue weighted by Crippen LogP contribution is -2.34. The van der Waals surface area contributed by atoms with Crippen molar-refractivity contribution < 1.29 is 4.74 Å². The maximum atomic E-state index is 6.05. The van der Waals surface area contributed by atoms with Gasteiger partial charge in [0.2, 0.25) is 0 Å². The van der Waals surface area contributed by atoms with E-state index in [1.54, 1.807) is 11.8 Å². The molecule has 6 nitrogen and oxygen atoms in total. The number of hydrogen-bond donors (Lipinski definition) is 0. The predicted octanol–water partition coefficient (Wildman–Crippen LogP) is 4.01. The molecule has 2 aromatic rings. The van der Waals surface area contributed by atoms with Gasteiger partial charge >= 0.3 is 0 Å². The molecule has 1 aliphatic carbocycles. The smallest absolute Gasteiger partial charge is 0.191 e. The second kappa shape index (κ2) is 7.11. The molecule has 1 saturated carbocycles. The first-order valence-corrected chi connectivity index (χ1v) is 10.6. The number of rotatable bonds is 4. The summed E-state index contributed by atoms with van der Waals surface area (Å²) in [4.78, 5) is 16.6. The molecular formula is C18H27N5OS. The van der Waals surface area contributed by atoms with Crippen LogP contribution in [-0.4, -0.2) is 45.0 Å². The standard InChI is InChI=1S/C18H27N5OS/c1-12-9-10-14(24-12)23-11-19-15-16(20-18(25-3)21-17(15)23)22(2)13-7-5-4-6-8-13/h11-14H,4-10H2,1-3H3. The molecule has 0 bridgehead atoms. The molecule has 2 unspecified atom stereocenters. The Balaban J connectivity index is 1.74. The van der Waals surface area contributed by atoms with Crippen LogP contribution in [0, 0.1) is 0 Å². The van der Waals surface area contributed by atoms with Crippen LogP contribution in [0.1, 0.15) is 58.1 Å². The van der Waals surface area contributed by atoms with Gasteiger partial charge in [0, 0.05) is 13.1 Å². The minimum atomic E-state index is 0.0393. The maximum Gasteiger partial charge on any atom is 0.191 e. The van der Waals surface area contributed by atoms with Crippen LogP contribution in [0.5, 0.6) is 0 Å². The Bertz CT molecular complexity index is 742. The van der Waals surface area contributed by atoms with Crippen LogP contribution in [0.25, 0.3) is 11.2 Å². The van der Waals surface area contributed by atoms with Crippen LogP contribution in [0.2, 0.25) is 0 Å². The molecule has 0 spiro atoms. The molecule has 1 saturated heterocycles. The van der Waals surface area contributed by atoms with Crippen LogP contribution < -0.4 is 4.90 Å². The van der Waals surface area contributed by atoms with Gasteiger partial charge in [-0.05, 0) is 38.9 Å². The zero-order valence-corrected chi connectivity index (χ0v) is 16.1. The highest BCUT2D eigenvalue weighted by Crippen LogP contribution is 2.34. The van der Waals surface area contributed by atoms with Gasteiger partial charge in [-0.15, -0.1) is 0 Å². The number of aromatic nitrogens is 4. The molecular weight excluding hydrogens is 334 g/mol. The molecule has 0 aromatic carbocycles. The van der Waals surface area contributed by atoms with Gasteiger partial charge in [-0.1, -0.05) is 31.0 Å². The summed E-state index contributed by atoms with van der Waals surface area (Å²) in [7, 11) is 2.16. The quantitative estimate of drug-likeness (QED) is 0.606. The van der Waals surface area contributed by atoms with E-state index in [0.29, 0.717) is 12.1 Å². The van der Waals surface area contributed by atoms with E-state index in [-0.39, 0.29) is 6.23 Å². The molecule has 2 atom stereocenters. The zero-order valence-electron chi connectivity index (χ0n) is 15.3. The minimum absolute atomic E-state index is 0.0393. The van der Waals surface area contributed by atoms with Gasteiger partial charge < -0.3 is 9.64 Å². The summed E-state index contributed by atoms with van der Waals surface area (Å²) in [5.41, 5.74) is 1.80. The fourth-order valence-corrected chi connectivity index (χ4v) is 4.41. The SMILES string of the molecule is CSc1nc(N(C)C2CCCCC2)c2ncn(C3CCC(C)O3)c2n1. The van der Waals surface area contributed by atoms with Crippen molar-refractivity contribution in [3.8, 4) is 0 Å². The summed E-state index contributed by atoms with van der Waals surface area (Å²) in [5, 5.41) is 0.804. The van der Waals surface area contributed by atoms with E-state index in [9.17, 15) is 0 Å². The fraction of sp³-hybridized carbons (Fsp3) is 0.722. The van der Waals surface area contributed by atoms with Gasteiger partial charge in [0.1, 0.15) is 6.23 Å². The molecule has 136 valence electrons.